The fourth-order valence-electron chi connectivity index (χ4n) is 2.22. The maximum absolute atomic E-state index is 12.5. The molecule has 1 aromatic heterocycles. The van der Waals surface area contributed by atoms with E-state index in [-0.39, 0.29) is 52.7 Å². The molecule has 0 saturated heterocycles. The van der Waals surface area contributed by atoms with E-state index in [1.165, 1.54) is 0 Å². The second kappa shape index (κ2) is 9.87. The monoisotopic (exact) mass is 350 g/mol. The van der Waals surface area contributed by atoms with E-state index in [9.17, 15) is 9.59 Å². The number of aromatic nitrogens is 1. The zero-order chi connectivity index (χ0) is 14.9. The van der Waals surface area contributed by atoms with Crippen LogP contribution in [0.25, 0.3) is 0 Å². The van der Waals surface area contributed by atoms with E-state index < -0.39 is 5.97 Å². The molecule has 0 atom stereocenters. The van der Waals surface area contributed by atoms with E-state index in [1.807, 2.05) is 0 Å². The summed E-state index contributed by atoms with van der Waals surface area (Å²) in [6.07, 6.45) is -0.106. The van der Waals surface area contributed by atoms with Gasteiger partial charge in [-0.25, -0.2) is 0 Å². The van der Waals surface area contributed by atoms with Gasteiger partial charge in [0.1, 0.15) is 0 Å². The number of ketones is 1. The largest absolute Gasteiger partial charge is 1.00 e. The first kappa shape index (κ1) is 24.1. The normalized spacial score (nSPS) is 9.17. The third-order valence-electron chi connectivity index (χ3n) is 3.18. The first-order chi connectivity index (χ1) is 9.40. The number of benzene rings is 1. The summed E-state index contributed by atoms with van der Waals surface area (Å²) in [7, 11) is 1.70. The molecule has 0 radical (unpaired) electrons. The Bertz CT molecular complexity index is 682. The minimum atomic E-state index is -0.920. The minimum absolute atomic E-state index is 0. The van der Waals surface area contributed by atoms with Crippen LogP contribution in [0.15, 0.2) is 30.3 Å². The van der Waals surface area contributed by atoms with Crippen molar-refractivity contribution in [3.05, 3.63) is 57.9 Å². The second-order valence-corrected chi connectivity index (χ2v) is 5.07. The summed E-state index contributed by atoms with van der Waals surface area (Å²) in [6, 6.07) is 8.37. The van der Waals surface area contributed by atoms with Gasteiger partial charge in [0, 0.05) is 23.3 Å². The van der Waals surface area contributed by atoms with Crippen molar-refractivity contribution in [2.45, 2.75) is 13.3 Å². The third-order valence-corrected chi connectivity index (χ3v) is 3.43. The molecule has 0 amide bonds. The molecule has 0 aliphatic heterocycles. The molecule has 1 heterocycles. The van der Waals surface area contributed by atoms with Gasteiger partial charge in [0.15, 0.2) is 0 Å². The SMILES string of the molecule is Cc1cc(CC(=O)O)n(C)c1C(=O)c1ccc(Cl)cc1.O.O.[Na+]. The zero-order valence-electron chi connectivity index (χ0n) is 13.2. The first-order valence-corrected chi connectivity index (χ1v) is 6.45. The van der Waals surface area contributed by atoms with Crippen molar-refractivity contribution < 1.29 is 55.2 Å². The summed E-state index contributed by atoms with van der Waals surface area (Å²) >= 11 is 5.80. The van der Waals surface area contributed by atoms with Crippen LogP contribution in [-0.4, -0.2) is 32.4 Å². The molecule has 8 heteroatoms. The molecule has 1 aromatic carbocycles. The number of hydrogen-bond acceptors (Lipinski definition) is 2. The van der Waals surface area contributed by atoms with Crippen molar-refractivity contribution >= 4 is 23.4 Å². The van der Waals surface area contributed by atoms with Crippen molar-refractivity contribution in [3.63, 3.8) is 0 Å². The zero-order valence-corrected chi connectivity index (χ0v) is 15.9. The maximum atomic E-state index is 12.5. The molecule has 0 aliphatic rings. The third kappa shape index (κ3) is 5.46. The second-order valence-electron chi connectivity index (χ2n) is 4.63. The van der Waals surface area contributed by atoms with Crippen LogP contribution in [0.2, 0.25) is 5.02 Å². The summed E-state index contributed by atoms with van der Waals surface area (Å²) in [5, 5.41) is 9.43. The Morgan fingerprint density at radius 2 is 1.70 bits per heavy atom. The summed E-state index contributed by atoms with van der Waals surface area (Å²) in [6.45, 7) is 1.80. The maximum Gasteiger partial charge on any atom is 1.00 e. The van der Waals surface area contributed by atoms with Crippen LogP contribution in [-0.2, 0) is 18.3 Å². The number of carboxylic acids is 1. The van der Waals surface area contributed by atoms with Crippen LogP contribution in [0.3, 0.4) is 0 Å². The topological polar surface area (TPSA) is 122 Å². The molecule has 0 fully saturated rings. The molecular weight excluding hydrogens is 333 g/mol. The molecule has 0 aliphatic carbocycles. The van der Waals surface area contributed by atoms with Gasteiger partial charge in [0.2, 0.25) is 5.78 Å². The van der Waals surface area contributed by atoms with E-state index in [0.29, 0.717) is 22.0 Å². The van der Waals surface area contributed by atoms with Gasteiger partial charge in [0.25, 0.3) is 0 Å². The van der Waals surface area contributed by atoms with Crippen molar-refractivity contribution in [1.82, 2.24) is 4.57 Å². The van der Waals surface area contributed by atoms with Gasteiger partial charge in [-0.15, -0.1) is 0 Å². The Balaban J connectivity index is 0. The average Bonchev–Trinajstić information content (AvgIpc) is 2.64. The summed E-state index contributed by atoms with van der Waals surface area (Å²) in [5.74, 6) is -1.06. The molecule has 5 N–H and O–H groups in total. The van der Waals surface area contributed by atoms with Crippen LogP contribution in [0.1, 0.15) is 27.3 Å². The number of hydrogen-bond donors (Lipinski definition) is 1. The Hall–Kier alpha value is -1.15. The standard InChI is InChI=1S/C15H14ClNO3.Na.2H2O/c1-9-7-12(8-13(18)19)17(2)14(9)15(20)10-3-5-11(16)6-4-10;;;/h3-7H,8H2,1-2H3,(H,18,19);;2*1H2/q;+1;;. The molecule has 0 saturated carbocycles. The predicted octanol–water partition coefficient (Wildman–Crippen LogP) is -1.80. The fourth-order valence-corrected chi connectivity index (χ4v) is 2.34. The molecule has 2 aromatic rings. The Kier molecular flexibility index (Phi) is 10.3. The molecule has 6 nitrogen and oxygen atoms in total. The quantitative estimate of drug-likeness (QED) is 0.517. The first-order valence-electron chi connectivity index (χ1n) is 6.07. The number of carbonyl (C=O) groups is 2. The van der Waals surface area contributed by atoms with Gasteiger partial charge in [0.05, 0.1) is 12.1 Å². The Morgan fingerprint density at radius 3 is 2.17 bits per heavy atom. The van der Waals surface area contributed by atoms with Gasteiger partial charge >= 0.3 is 35.5 Å². The molecule has 120 valence electrons. The van der Waals surface area contributed by atoms with Crippen LogP contribution in [0.4, 0.5) is 0 Å². The van der Waals surface area contributed by atoms with Crippen LogP contribution in [0, 0.1) is 6.92 Å². The number of rotatable bonds is 4. The molecule has 0 spiro atoms. The number of nitrogens with zero attached hydrogens (tertiary/aromatic N) is 1. The van der Waals surface area contributed by atoms with Crippen molar-refractivity contribution in [3.8, 4) is 0 Å². The Morgan fingerprint density at radius 1 is 1.17 bits per heavy atom. The number of aryl methyl sites for hydroxylation is 1. The predicted molar refractivity (Wildman–Crippen MR) is 83.6 cm³/mol. The van der Waals surface area contributed by atoms with Gasteiger partial charge in [-0.1, -0.05) is 11.6 Å². The van der Waals surface area contributed by atoms with E-state index in [2.05, 4.69) is 0 Å². The van der Waals surface area contributed by atoms with Gasteiger partial charge < -0.3 is 20.6 Å². The number of carbonyl (C=O) groups excluding carboxylic acids is 1. The van der Waals surface area contributed by atoms with Crippen molar-refractivity contribution in [1.29, 1.82) is 0 Å². The van der Waals surface area contributed by atoms with Gasteiger partial charge in [-0.2, -0.15) is 0 Å². The summed E-state index contributed by atoms with van der Waals surface area (Å²) < 4.78 is 1.64. The van der Waals surface area contributed by atoms with Gasteiger partial charge in [-0.3, -0.25) is 9.59 Å². The molecular formula is C15H18ClNNaO5+. The van der Waals surface area contributed by atoms with Gasteiger partial charge in [-0.05, 0) is 42.8 Å². The smallest absolute Gasteiger partial charge is 0.481 e. The summed E-state index contributed by atoms with van der Waals surface area (Å²) in [4.78, 5) is 23.3. The van der Waals surface area contributed by atoms with E-state index in [1.54, 1.807) is 48.9 Å². The van der Waals surface area contributed by atoms with Crippen LogP contribution in [0.5, 0.6) is 0 Å². The fraction of sp³-hybridized carbons (Fsp3) is 0.200. The van der Waals surface area contributed by atoms with E-state index in [0.717, 1.165) is 5.56 Å². The number of halogens is 1. The molecule has 0 bridgehead atoms. The van der Waals surface area contributed by atoms with Crippen LogP contribution >= 0.6 is 11.6 Å². The average molecular weight is 351 g/mol. The Labute approximate surface area is 161 Å². The van der Waals surface area contributed by atoms with Crippen LogP contribution < -0.4 is 29.6 Å². The van der Waals surface area contributed by atoms with Crippen molar-refractivity contribution in [2.24, 2.45) is 7.05 Å². The molecule has 2 rings (SSSR count). The number of aliphatic carboxylic acids is 1. The molecule has 23 heavy (non-hydrogen) atoms. The van der Waals surface area contributed by atoms with E-state index in [4.69, 9.17) is 16.7 Å². The summed E-state index contributed by atoms with van der Waals surface area (Å²) in [5.41, 5.74) is 2.40. The molecule has 0 unspecified atom stereocenters. The van der Waals surface area contributed by atoms with E-state index >= 15 is 0 Å². The number of carboxylic acid groups (broad SMARTS) is 1. The van der Waals surface area contributed by atoms with Crippen molar-refractivity contribution in [2.75, 3.05) is 0 Å². The minimum Gasteiger partial charge on any atom is -0.481 e.